The average molecular weight is 397 g/mol. The fourth-order valence-electron chi connectivity index (χ4n) is 3.20. The lowest BCUT2D eigenvalue weighted by molar-refractivity contribution is -0.896. The van der Waals surface area contributed by atoms with Gasteiger partial charge in [0.25, 0.3) is 11.6 Å². The number of rotatable bonds is 8. The first-order valence-corrected chi connectivity index (χ1v) is 9.72. The second-order valence-electron chi connectivity index (χ2n) is 7.06. The Morgan fingerprint density at radius 2 is 1.79 bits per heavy atom. The van der Waals surface area contributed by atoms with Crippen molar-refractivity contribution < 1.29 is 19.4 Å². The highest BCUT2D eigenvalue weighted by atomic mass is 16.6. The van der Waals surface area contributed by atoms with E-state index < -0.39 is 4.92 Å². The van der Waals surface area contributed by atoms with Crippen molar-refractivity contribution in [1.82, 2.24) is 5.43 Å². The van der Waals surface area contributed by atoms with E-state index in [9.17, 15) is 14.9 Å². The molecule has 2 aromatic rings. The summed E-state index contributed by atoms with van der Waals surface area (Å²) in [5.41, 5.74) is 4.33. The SMILES string of the molecule is O=C(C[NH+]1CCCCC1)N/N=C\c1ccc(OCc2ccc([N+](=O)[O-])cc2)cc1. The van der Waals surface area contributed by atoms with E-state index in [0.29, 0.717) is 18.9 Å². The summed E-state index contributed by atoms with van der Waals surface area (Å²) in [7, 11) is 0. The molecule has 0 aromatic heterocycles. The topological polar surface area (TPSA) is 98.3 Å². The van der Waals surface area contributed by atoms with Crippen LogP contribution in [0.5, 0.6) is 5.75 Å². The van der Waals surface area contributed by atoms with Crippen LogP contribution in [0.4, 0.5) is 5.69 Å². The molecule has 152 valence electrons. The first-order chi connectivity index (χ1) is 14.1. The third-order valence-corrected chi connectivity index (χ3v) is 4.81. The second kappa shape index (κ2) is 10.3. The third-order valence-electron chi connectivity index (χ3n) is 4.81. The van der Waals surface area contributed by atoms with Crippen molar-refractivity contribution in [3.8, 4) is 5.75 Å². The number of hydrogen-bond acceptors (Lipinski definition) is 5. The van der Waals surface area contributed by atoms with Crippen LogP contribution in [0.25, 0.3) is 0 Å². The van der Waals surface area contributed by atoms with Crippen LogP contribution in [0.15, 0.2) is 53.6 Å². The number of nitro benzene ring substituents is 1. The maximum absolute atomic E-state index is 11.9. The molecule has 1 heterocycles. The molecular formula is C21H25N4O4+. The van der Waals surface area contributed by atoms with Crippen LogP contribution in [-0.4, -0.2) is 36.7 Å². The van der Waals surface area contributed by atoms with Gasteiger partial charge in [-0.25, -0.2) is 5.43 Å². The molecule has 2 N–H and O–H groups in total. The molecule has 0 bridgehead atoms. The summed E-state index contributed by atoms with van der Waals surface area (Å²) in [4.78, 5) is 23.5. The molecular weight excluding hydrogens is 372 g/mol. The quantitative estimate of drug-likeness (QED) is 0.402. The number of quaternary nitrogens is 1. The lowest BCUT2D eigenvalue weighted by atomic mass is 10.1. The molecule has 1 saturated heterocycles. The molecule has 1 aliphatic rings. The van der Waals surface area contributed by atoms with Gasteiger partial charge in [0, 0.05) is 12.1 Å². The molecule has 2 aromatic carbocycles. The number of carbonyl (C=O) groups excluding carboxylic acids is 1. The molecule has 3 rings (SSSR count). The molecule has 0 atom stereocenters. The molecule has 0 aliphatic carbocycles. The van der Waals surface area contributed by atoms with E-state index in [2.05, 4.69) is 10.5 Å². The number of nitrogens with zero attached hydrogens (tertiary/aromatic N) is 2. The number of likely N-dealkylation sites (tertiary alicyclic amines) is 1. The first kappa shape index (κ1) is 20.5. The highest BCUT2D eigenvalue weighted by molar-refractivity contribution is 5.82. The standard InChI is InChI=1S/C21H24N4O4/c26-21(15-24-12-2-1-3-13-24)23-22-14-17-6-10-20(11-7-17)29-16-18-4-8-19(9-5-18)25(27)28/h4-11,14H,1-3,12-13,15-16H2,(H,23,26)/p+1/b22-14-. The van der Waals surface area contributed by atoms with Gasteiger partial charge in [-0.3, -0.25) is 14.9 Å². The van der Waals surface area contributed by atoms with E-state index in [-0.39, 0.29) is 11.6 Å². The Kier molecular flexibility index (Phi) is 7.29. The molecule has 1 fully saturated rings. The fraction of sp³-hybridized carbons (Fsp3) is 0.333. The molecule has 0 spiro atoms. The van der Waals surface area contributed by atoms with Crippen molar-refractivity contribution in [2.75, 3.05) is 19.6 Å². The fourth-order valence-corrected chi connectivity index (χ4v) is 3.20. The van der Waals surface area contributed by atoms with Gasteiger partial charge in [-0.1, -0.05) is 0 Å². The zero-order valence-corrected chi connectivity index (χ0v) is 16.2. The lowest BCUT2D eigenvalue weighted by Gasteiger charge is -2.22. The van der Waals surface area contributed by atoms with E-state index in [4.69, 9.17) is 4.74 Å². The average Bonchev–Trinajstić information content (AvgIpc) is 2.74. The molecule has 0 unspecified atom stereocenters. The number of piperidine rings is 1. The maximum Gasteiger partial charge on any atom is 0.295 e. The summed E-state index contributed by atoms with van der Waals surface area (Å²) < 4.78 is 5.69. The van der Waals surface area contributed by atoms with Crippen molar-refractivity contribution in [3.05, 3.63) is 69.8 Å². The van der Waals surface area contributed by atoms with Crippen LogP contribution in [0, 0.1) is 10.1 Å². The zero-order chi connectivity index (χ0) is 20.5. The molecule has 8 nitrogen and oxygen atoms in total. The second-order valence-corrected chi connectivity index (χ2v) is 7.06. The van der Waals surface area contributed by atoms with Gasteiger partial charge in [-0.05, 0) is 66.8 Å². The Balaban J connectivity index is 1.42. The highest BCUT2D eigenvalue weighted by Crippen LogP contribution is 2.16. The Labute approximate surface area is 169 Å². The number of hydrazone groups is 1. The van der Waals surface area contributed by atoms with Crippen molar-refractivity contribution in [1.29, 1.82) is 0 Å². The predicted octanol–water partition coefficient (Wildman–Crippen LogP) is 1.69. The van der Waals surface area contributed by atoms with Gasteiger partial charge in [0.15, 0.2) is 6.54 Å². The maximum atomic E-state index is 11.9. The van der Waals surface area contributed by atoms with E-state index in [1.807, 2.05) is 24.3 Å². The van der Waals surface area contributed by atoms with Crippen LogP contribution < -0.4 is 15.1 Å². The highest BCUT2D eigenvalue weighted by Gasteiger charge is 2.16. The molecule has 8 heteroatoms. The van der Waals surface area contributed by atoms with Crippen molar-refractivity contribution in [2.24, 2.45) is 5.10 Å². The van der Waals surface area contributed by atoms with Crippen LogP contribution in [-0.2, 0) is 11.4 Å². The number of hydrogen-bond donors (Lipinski definition) is 2. The minimum absolute atomic E-state index is 0.0572. The van der Waals surface area contributed by atoms with Gasteiger partial charge < -0.3 is 9.64 Å². The number of amides is 1. The summed E-state index contributed by atoms with van der Waals surface area (Å²) in [5.74, 6) is 0.611. The van der Waals surface area contributed by atoms with Crippen LogP contribution in [0.2, 0.25) is 0 Å². The first-order valence-electron chi connectivity index (χ1n) is 9.72. The van der Waals surface area contributed by atoms with Crippen LogP contribution in [0.1, 0.15) is 30.4 Å². The summed E-state index contributed by atoms with van der Waals surface area (Å²) in [6.07, 6.45) is 5.23. The van der Waals surface area contributed by atoms with E-state index >= 15 is 0 Å². The Morgan fingerprint density at radius 1 is 1.10 bits per heavy atom. The summed E-state index contributed by atoms with van der Waals surface area (Å²) in [5, 5.41) is 14.7. The lowest BCUT2D eigenvalue weighted by Crippen LogP contribution is -3.13. The molecule has 1 aliphatic heterocycles. The van der Waals surface area contributed by atoms with Gasteiger partial charge in [0.2, 0.25) is 0 Å². The summed E-state index contributed by atoms with van der Waals surface area (Å²) in [6, 6.07) is 13.6. The van der Waals surface area contributed by atoms with E-state index in [0.717, 1.165) is 24.2 Å². The number of non-ortho nitro benzene ring substituents is 1. The van der Waals surface area contributed by atoms with Crippen molar-refractivity contribution in [3.63, 3.8) is 0 Å². The number of nitro groups is 1. The number of nitrogens with one attached hydrogen (secondary N) is 2. The smallest absolute Gasteiger partial charge is 0.295 e. The number of benzene rings is 2. The normalized spacial score (nSPS) is 14.6. The van der Waals surface area contributed by atoms with Gasteiger partial charge in [-0.2, -0.15) is 5.10 Å². The van der Waals surface area contributed by atoms with Crippen LogP contribution >= 0.6 is 0 Å². The van der Waals surface area contributed by atoms with Crippen molar-refractivity contribution >= 4 is 17.8 Å². The van der Waals surface area contributed by atoms with Gasteiger partial charge in [0.05, 0.1) is 24.2 Å². The molecule has 0 saturated carbocycles. The Bertz CT molecular complexity index is 844. The summed E-state index contributed by atoms with van der Waals surface area (Å²) >= 11 is 0. The van der Waals surface area contributed by atoms with Gasteiger partial charge in [-0.15, -0.1) is 0 Å². The monoisotopic (exact) mass is 397 g/mol. The molecule has 1 amide bonds. The predicted molar refractivity (Wildman–Crippen MR) is 109 cm³/mol. The Morgan fingerprint density at radius 3 is 2.45 bits per heavy atom. The molecule has 29 heavy (non-hydrogen) atoms. The minimum Gasteiger partial charge on any atom is -0.489 e. The van der Waals surface area contributed by atoms with Crippen LogP contribution in [0.3, 0.4) is 0 Å². The number of ether oxygens (including phenoxy) is 1. The van der Waals surface area contributed by atoms with Crippen molar-refractivity contribution in [2.45, 2.75) is 25.9 Å². The third kappa shape index (κ3) is 6.69. The number of carbonyl (C=O) groups is 1. The molecule has 0 radical (unpaired) electrons. The minimum atomic E-state index is -0.428. The van der Waals surface area contributed by atoms with E-state index in [1.54, 1.807) is 18.3 Å². The Hall–Kier alpha value is -3.26. The zero-order valence-electron chi connectivity index (χ0n) is 16.2. The summed E-state index contributed by atoms with van der Waals surface area (Å²) in [6.45, 7) is 2.89. The largest absolute Gasteiger partial charge is 0.489 e. The van der Waals surface area contributed by atoms with Gasteiger partial charge in [0.1, 0.15) is 12.4 Å². The van der Waals surface area contributed by atoms with E-state index in [1.165, 1.54) is 36.3 Å². The van der Waals surface area contributed by atoms with Gasteiger partial charge >= 0.3 is 0 Å².